The fourth-order valence-electron chi connectivity index (χ4n) is 1.64. The van der Waals surface area contributed by atoms with Gasteiger partial charge in [0.05, 0.1) is 0 Å². The van der Waals surface area contributed by atoms with Gasteiger partial charge < -0.3 is 11.1 Å². The van der Waals surface area contributed by atoms with Crippen LogP contribution in [-0.2, 0) is 0 Å². The third-order valence-electron chi connectivity index (χ3n) is 3.24. The van der Waals surface area contributed by atoms with Gasteiger partial charge in [0, 0.05) is 0 Å². The summed E-state index contributed by atoms with van der Waals surface area (Å²) < 4.78 is 0. The molecule has 0 fully saturated rings. The highest BCUT2D eigenvalue weighted by Gasteiger charge is 2.11. The summed E-state index contributed by atoms with van der Waals surface area (Å²) in [6, 6.07) is 0. The van der Waals surface area contributed by atoms with Gasteiger partial charge in [0.2, 0.25) is 0 Å². The maximum atomic E-state index is 5.72. The Labute approximate surface area is 89.6 Å². The Morgan fingerprint density at radius 2 is 1.64 bits per heavy atom. The van der Waals surface area contributed by atoms with E-state index in [-0.39, 0.29) is 0 Å². The quantitative estimate of drug-likeness (QED) is 0.630. The molecule has 0 aromatic rings. The van der Waals surface area contributed by atoms with Crippen LogP contribution in [0.15, 0.2) is 0 Å². The molecule has 14 heavy (non-hydrogen) atoms. The molecule has 0 aromatic heterocycles. The molecular weight excluding hydrogens is 172 g/mol. The zero-order valence-electron chi connectivity index (χ0n) is 10.3. The second-order valence-electron chi connectivity index (χ2n) is 4.58. The summed E-state index contributed by atoms with van der Waals surface area (Å²) in [7, 11) is 0. The van der Waals surface area contributed by atoms with Crippen molar-refractivity contribution in [2.45, 2.75) is 40.5 Å². The third-order valence-corrected chi connectivity index (χ3v) is 3.24. The Kier molecular flexibility index (Phi) is 8.20. The van der Waals surface area contributed by atoms with E-state index in [0.717, 1.165) is 25.6 Å². The summed E-state index contributed by atoms with van der Waals surface area (Å²) in [6.45, 7) is 12.0. The zero-order valence-corrected chi connectivity index (χ0v) is 10.3. The predicted molar refractivity (Wildman–Crippen MR) is 64.3 cm³/mol. The summed E-state index contributed by atoms with van der Waals surface area (Å²) in [5, 5.41) is 3.54. The fraction of sp³-hybridized carbons (Fsp3) is 1.00. The standard InChI is InChI=1S/C12H28N2/c1-5-11(6-2)8-14-9-12(7-13)10(3)4/h10-12,14H,5-9,13H2,1-4H3. The molecule has 0 amide bonds. The first kappa shape index (κ1) is 13.9. The molecule has 0 radical (unpaired) electrons. The summed E-state index contributed by atoms with van der Waals surface area (Å²) >= 11 is 0. The molecule has 0 aromatic carbocycles. The number of hydrogen-bond acceptors (Lipinski definition) is 2. The van der Waals surface area contributed by atoms with Crippen LogP contribution in [0.2, 0.25) is 0 Å². The van der Waals surface area contributed by atoms with Gasteiger partial charge in [0.1, 0.15) is 0 Å². The predicted octanol–water partition coefficient (Wildman–Crippen LogP) is 2.24. The lowest BCUT2D eigenvalue weighted by Gasteiger charge is -2.21. The first-order chi connectivity index (χ1) is 6.65. The van der Waals surface area contributed by atoms with E-state index in [1.807, 2.05) is 0 Å². The van der Waals surface area contributed by atoms with Gasteiger partial charge in [0.25, 0.3) is 0 Å². The largest absolute Gasteiger partial charge is 0.330 e. The van der Waals surface area contributed by atoms with Crippen molar-refractivity contribution < 1.29 is 0 Å². The summed E-state index contributed by atoms with van der Waals surface area (Å²) in [5.41, 5.74) is 5.72. The minimum absolute atomic E-state index is 0.629. The van der Waals surface area contributed by atoms with E-state index in [1.54, 1.807) is 0 Å². The van der Waals surface area contributed by atoms with E-state index in [0.29, 0.717) is 11.8 Å². The molecule has 0 saturated heterocycles. The first-order valence-corrected chi connectivity index (χ1v) is 6.06. The average Bonchev–Trinajstić information content (AvgIpc) is 2.18. The molecule has 3 N–H and O–H groups in total. The maximum absolute atomic E-state index is 5.72. The van der Waals surface area contributed by atoms with Crippen molar-refractivity contribution in [1.82, 2.24) is 5.32 Å². The van der Waals surface area contributed by atoms with Crippen LogP contribution in [0.3, 0.4) is 0 Å². The average molecular weight is 200 g/mol. The van der Waals surface area contributed by atoms with Gasteiger partial charge >= 0.3 is 0 Å². The zero-order chi connectivity index (χ0) is 11.0. The van der Waals surface area contributed by atoms with Crippen LogP contribution < -0.4 is 11.1 Å². The summed E-state index contributed by atoms with van der Waals surface area (Å²) in [5.74, 6) is 2.15. The molecule has 1 atom stereocenters. The van der Waals surface area contributed by atoms with E-state index in [4.69, 9.17) is 5.73 Å². The molecule has 0 spiro atoms. The fourth-order valence-corrected chi connectivity index (χ4v) is 1.64. The minimum Gasteiger partial charge on any atom is -0.330 e. The molecule has 0 saturated carbocycles. The molecule has 1 unspecified atom stereocenters. The lowest BCUT2D eigenvalue weighted by Crippen LogP contribution is -2.34. The first-order valence-electron chi connectivity index (χ1n) is 6.06. The van der Waals surface area contributed by atoms with Crippen LogP contribution in [-0.4, -0.2) is 19.6 Å². The van der Waals surface area contributed by atoms with Crippen molar-refractivity contribution in [3.05, 3.63) is 0 Å². The molecule has 86 valence electrons. The van der Waals surface area contributed by atoms with Crippen molar-refractivity contribution in [3.8, 4) is 0 Å². The highest BCUT2D eigenvalue weighted by molar-refractivity contribution is 4.68. The van der Waals surface area contributed by atoms with E-state index < -0.39 is 0 Å². The van der Waals surface area contributed by atoms with Crippen LogP contribution in [0, 0.1) is 17.8 Å². The van der Waals surface area contributed by atoms with Gasteiger partial charge in [0.15, 0.2) is 0 Å². The van der Waals surface area contributed by atoms with Crippen LogP contribution in [0.1, 0.15) is 40.5 Å². The van der Waals surface area contributed by atoms with Gasteiger partial charge in [-0.2, -0.15) is 0 Å². The van der Waals surface area contributed by atoms with Crippen LogP contribution >= 0.6 is 0 Å². The van der Waals surface area contributed by atoms with Crippen LogP contribution in [0.25, 0.3) is 0 Å². The molecule has 0 aliphatic heterocycles. The highest BCUT2D eigenvalue weighted by atomic mass is 14.9. The van der Waals surface area contributed by atoms with Crippen molar-refractivity contribution in [1.29, 1.82) is 0 Å². The normalized spacial score (nSPS) is 13.9. The molecule has 0 bridgehead atoms. The van der Waals surface area contributed by atoms with Gasteiger partial charge in [-0.15, -0.1) is 0 Å². The smallest absolute Gasteiger partial charge is 0.000589 e. The highest BCUT2D eigenvalue weighted by Crippen LogP contribution is 2.09. The lowest BCUT2D eigenvalue weighted by atomic mass is 9.95. The summed E-state index contributed by atoms with van der Waals surface area (Å²) in [6.07, 6.45) is 2.55. The van der Waals surface area contributed by atoms with Crippen LogP contribution in [0.5, 0.6) is 0 Å². The number of hydrogen-bond donors (Lipinski definition) is 2. The second-order valence-corrected chi connectivity index (χ2v) is 4.58. The number of nitrogens with one attached hydrogen (secondary N) is 1. The maximum Gasteiger partial charge on any atom is -0.000589 e. The molecule has 0 aliphatic rings. The van der Waals surface area contributed by atoms with Gasteiger partial charge in [-0.05, 0) is 37.4 Å². The summed E-state index contributed by atoms with van der Waals surface area (Å²) in [4.78, 5) is 0. The Hall–Kier alpha value is -0.0800. The number of nitrogens with two attached hydrogens (primary N) is 1. The van der Waals surface area contributed by atoms with Gasteiger partial charge in [-0.3, -0.25) is 0 Å². The minimum atomic E-state index is 0.629. The molecular formula is C12H28N2. The second kappa shape index (κ2) is 8.25. The molecule has 2 heteroatoms. The van der Waals surface area contributed by atoms with E-state index in [1.165, 1.54) is 12.8 Å². The van der Waals surface area contributed by atoms with Crippen molar-refractivity contribution >= 4 is 0 Å². The Bertz CT molecular complexity index is 119. The Balaban J connectivity index is 3.59. The molecule has 0 heterocycles. The topological polar surface area (TPSA) is 38.0 Å². The third kappa shape index (κ3) is 5.61. The Morgan fingerprint density at radius 3 is 2.00 bits per heavy atom. The van der Waals surface area contributed by atoms with Crippen molar-refractivity contribution in [3.63, 3.8) is 0 Å². The van der Waals surface area contributed by atoms with Crippen molar-refractivity contribution in [2.75, 3.05) is 19.6 Å². The monoisotopic (exact) mass is 200 g/mol. The van der Waals surface area contributed by atoms with E-state index in [2.05, 4.69) is 33.0 Å². The van der Waals surface area contributed by atoms with Gasteiger partial charge in [-0.1, -0.05) is 40.5 Å². The number of rotatable bonds is 8. The molecule has 0 rings (SSSR count). The van der Waals surface area contributed by atoms with E-state index in [9.17, 15) is 0 Å². The Morgan fingerprint density at radius 1 is 1.07 bits per heavy atom. The molecule has 0 aliphatic carbocycles. The van der Waals surface area contributed by atoms with Crippen molar-refractivity contribution in [2.24, 2.45) is 23.5 Å². The molecule has 2 nitrogen and oxygen atoms in total. The SMILES string of the molecule is CCC(CC)CNCC(CN)C(C)C. The van der Waals surface area contributed by atoms with E-state index >= 15 is 0 Å². The van der Waals surface area contributed by atoms with Crippen LogP contribution in [0.4, 0.5) is 0 Å². The lowest BCUT2D eigenvalue weighted by molar-refractivity contribution is 0.350. The van der Waals surface area contributed by atoms with Gasteiger partial charge in [-0.25, -0.2) is 0 Å².